The van der Waals surface area contributed by atoms with Gasteiger partial charge in [0.25, 0.3) is 21.8 Å². The molecule has 1 aliphatic rings. The highest BCUT2D eigenvalue weighted by Crippen LogP contribution is 2.32. The molecule has 0 fully saturated rings. The van der Waals surface area contributed by atoms with Gasteiger partial charge in [0, 0.05) is 10.6 Å². The number of sulfonamides is 1. The van der Waals surface area contributed by atoms with E-state index in [-0.39, 0.29) is 34.0 Å². The zero-order chi connectivity index (χ0) is 22.9. The molecule has 0 atom stereocenters. The maximum absolute atomic E-state index is 12.8. The first-order valence-electron chi connectivity index (χ1n) is 9.08. The molecule has 2 heterocycles. The molecule has 10 nitrogen and oxygen atoms in total. The van der Waals surface area contributed by atoms with Gasteiger partial charge in [-0.15, -0.1) is 0 Å². The molecule has 0 radical (unpaired) electrons. The molecule has 2 aromatic carbocycles. The number of nitrogens with zero attached hydrogens (tertiary/aromatic N) is 3. The first kappa shape index (κ1) is 21.5. The van der Waals surface area contributed by atoms with Crippen molar-refractivity contribution in [1.82, 2.24) is 9.97 Å². The molecule has 1 aliphatic heterocycles. The number of rotatable bonds is 6. The molecule has 1 amide bonds. The second kappa shape index (κ2) is 8.44. The monoisotopic (exact) mass is 473 g/mol. The number of nitrogens with one attached hydrogen (secondary N) is 2. The number of hydrogen-bond donors (Lipinski definition) is 2. The third-order valence-corrected chi connectivity index (χ3v) is 6.08. The highest BCUT2D eigenvalue weighted by molar-refractivity contribution is 7.92. The molecule has 0 bridgehead atoms. The molecule has 2 N–H and O–H groups in total. The summed E-state index contributed by atoms with van der Waals surface area (Å²) in [5, 5.41) is 3.18. The lowest BCUT2D eigenvalue weighted by atomic mass is 10.1. The van der Waals surface area contributed by atoms with Crippen molar-refractivity contribution in [2.45, 2.75) is 4.90 Å². The number of amides is 1. The molecular formula is C20H16ClN5O5S. The van der Waals surface area contributed by atoms with Gasteiger partial charge in [0.1, 0.15) is 12.0 Å². The van der Waals surface area contributed by atoms with Crippen molar-refractivity contribution in [1.29, 1.82) is 0 Å². The Labute approximate surface area is 188 Å². The minimum absolute atomic E-state index is 0.0413. The van der Waals surface area contributed by atoms with E-state index in [1.54, 1.807) is 18.2 Å². The predicted octanol–water partition coefficient (Wildman–Crippen LogP) is 3.02. The second-order valence-electron chi connectivity index (χ2n) is 6.47. The van der Waals surface area contributed by atoms with E-state index in [9.17, 15) is 13.2 Å². The topological polar surface area (TPSA) is 132 Å². The van der Waals surface area contributed by atoms with Crippen LogP contribution in [0.4, 0.5) is 17.2 Å². The lowest BCUT2D eigenvalue weighted by molar-refractivity contribution is -0.110. The summed E-state index contributed by atoms with van der Waals surface area (Å²) >= 11 is 6.02. The van der Waals surface area contributed by atoms with Crippen LogP contribution in [0.25, 0.3) is 0 Å². The van der Waals surface area contributed by atoms with Gasteiger partial charge in [0.05, 0.1) is 30.5 Å². The molecule has 0 saturated carbocycles. The van der Waals surface area contributed by atoms with E-state index in [1.807, 2.05) is 0 Å². The van der Waals surface area contributed by atoms with E-state index < -0.39 is 10.0 Å². The molecule has 32 heavy (non-hydrogen) atoms. The van der Waals surface area contributed by atoms with Crippen LogP contribution in [-0.2, 0) is 14.8 Å². The number of anilines is 2. The van der Waals surface area contributed by atoms with Crippen molar-refractivity contribution in [3.8, 4) is 11.6 Å². The first-order chi connectivity index (χ1) is 15.3. The van der Waals surface area contributed by atoms with Gasteiger partial charge in [-0.3, -0.25) is 9.52 Å². The van der Waals surface area contributed by atoms with Crippen LogP contribution in [0.15, 0.2) is 58.7 Å². The minimum atomic E-state index is -4.00. The third-order valence-electron chi connectivity index (χ3n) is 4.49. The number of methoxy groups -OCH3 is 2. The fourth-order valence-electron chi connectivity index (χ4n) is 3.01. The predicted molar refractivity (Wildman–Crippen MR) is 119 cm³/mol. The Balaban J connectivity index is 1.62. The molecule has 4 rings (SSSR count). The van der Waals surface area contributed by atoms with Gasteiger partial charge < -0.3 is 14.8 Å². The van der Waals surface area contributed by atoms with E-state index in [4.69, 9.17) is 21.1 Å². The van der Waals surface area contributed by atoms with Gasteiger partial charge >= 0.3 is 0 Å². The highest BCUT2D eigenvalue weighted by Gasteiger charge is 2.26. The van der Waals surface area contributed by atoms with Gasteiger partial charge in [-0.25, -0.2) is 18.4 Å². The lowest BCUT2D eigenvalue weighted by Crippen LogP contribution is -2.15. The summed E-state index contributed by atoms with van der Waals surface area (Å²) in [6.07, 6.45) is 1.15. The van der Waals surface area contributed by atoms with Crippen LogP contribution in [0, 0.1) is 0 Å². The molecule has 0 saturated heterocycles. The Morgan fingerprint density at radius 1 is 1.06 bits per heavy atom. The Morgan fingerprint density at radius 2 is 1.81 bits per heavy atom. The maximum atomic E-state index is 12.8. The molecule has 164 valence electrons. The van der Waals surface area contributed by atoms with E-state index in [0.717, 1.165) is 6.33 Å². The fraction of sp³-hybridized carbons (Fsp3) is 0.100. The van der Waals surface area contributed by atoms with Gasteiger partial charge in [-0.05, 0) is 42.5 Å². The van der Waals surface area contributed by atoms with E-state index in [1.165, 1.54) is 38.5 Å². The number of halogens is 1. The fourth-order valence-corrected chi connectivity index (χ4v) is 4.20. The quantitative estimate of drug-likeness (QED) is 0.562. The smallest absolute Gasteiger partial charge is 0.275 e. The average molecular weight is 474 g/mol. The number of ether oxygens (including phenoxy) is 2. The Morgan fingerprint density at radius 3 is 2.50 bits per heavy atom. The Bertz CT molecular complexity index is 1340. The Hall–Kier alpha value is -3.70. The maximum Gasteiger partial charge on any atom is 0.275 e. The zero-order valence-electron chi connectivity index (χ0n) is 16.8. The molecular weight excluding hydrogens is 458 g/mol. The molecule has 3 aromatic rings. The molecule has 0 unspecified atom stereocenters. The van der Waals surface area contributed by atoms with Crippen molar-refractivity contribution in [2.24, 2.45) is 4.99 Å². The van der Waals surface area contributed by atoms with Gasteiger partial charge in [0.2, 0.25) is 5.75 Å². The van der Waals surface area contributed by atoms with Crippen LogP contribution >= 0.6 is 11.6 Å². The molecule has 1 aromatic heterocycles. The molecule has 12 heteroatoms. The van der Waals surface area contributed by atoms with Crippen molar-refractivity contribution < 1.29 is 22.7 Å². The summed E-state index contributed by atoms with van der Waals surface area (Å²) in [7, 11) is -1.28. The number of aliphatic imine (C=N–C) groups is 1. The van der Waals surface area contributed by atoms with E-state index in [0.29, 0.717) is 22.0 Å². The van der Waals surface area contributed by atoms with E-state index >= 15 is 0 Å². The third kappa shape index (κ3) is 4.07. The number of carbonyl (C=O) groups is 1. The number of carbonyl (C=O) groups excluding carboxylic acids is 1. The lowest BCUT2D eigenvalue weighted by Gasteiger charge is -2.12. The second-order valence-corrected chi connectivity index (χ2v) is 8.59. The van der Waals surface area contributed by atoms with Crippen molar-refractivity contribution in [3.05, 3.63) is 59.4 Å². The summed E-state index contributed by atoms with van der Waals surface area (Å²) in [4.78, 5) is 24.4. The van der Waals surface area contributed by atoms with E-state index in [2.05, 4.69) is 25.0 Å². The standard InChI is InChI=1S/C20H16ClN5O5S/c1-30-17-18(22-10-23-20(17)31-2)26-32(28,29)13-6-4-12(5-7-13)24-16-14-9-11(21)3-8-15(14)25-19(16)27/h3-10H,1-2H3,(H,22,23,26)(H,24,25,27). The Kier molecular flexibility index (Phi) is 5.68. The van der Waals surface area contributed by atoms with Gasteiger partial charge in [-0.1, -0.05) is 11.6 Å². The summed E-state index contributed by atoms with van der Waals surface area (Å²) < 4.78 is 38.1. The normalized spacial score (nSPS) is 14.1. The van der Waals surface area contributed by atoms with Crippen LogP contribution in [0.2, 0.25) is 5.02 Å². The minimum Gasteiger partial charge on any atom is -0.489 e. The largest absolute Gasteiger partial charge is 0.489 e. The van der Waals surface area contributed by atoms with Crippen LogP contribution in [0.1, 0.15) is 5.56 Å². The van der Waals surface area contributed by atoms with Crippen LogP contribution in [-0.4, -0.2) is 44.2 Å². The van der Waals surface area contributed by atoms with Gasteiger partial charge in [-0.2, -0.15) is 4.98 Å². The number of hydrogen-bond acceptors (Lipinski definition) is 8. The van der Waals surface area contributed by atoms with Crippen LogP contribution in [0.3, 0.4) is 0 Å². The van der Waals surface area contributed by atoms with Gasteiger partial charge in [0.15, 0.2) is 5.82 Å². The zero-order valence-corrected chi connectivity index (χ0v) is 18.4. The SMILES string of the molecule is COc1ncnc(NS(=O)(=O)c2ccc(N=C3C(=O)Nc4ccc(Cl)cc43)cc2)c1OC. The van der Waals surface area contributed by atoms with Crippen molar-refractivity contribution in [2.75, 3.05) is 24.3 Å². The highest BCUT2D eigenvalue weighted by atomic mass is 35.5. The molecule has 0 aliphatic carbocycles. The van der Waals surface area contributed by atoms with Crippen LogP contribution in [0.5, 0.6) is 11.6 Å². The number of benzene rings is 2. The first-order valence-corrected chi connectivity index (χ1v) is 10.9. The average Bonchev–Trinajstić information content (AvgIpc) is 3.08. The summed E-state index contributed by atoms with van der Waals surface area (Å²) in [6, 6.07) is 10.7. The summed E-state index contributed by atoms with van der Waals surface area (Å²) in [6.45, 7) is 0. The molecule has 0 spiro atoms. The number of aromatic nitrogens is 2. The van der Waals surface area contributed by atoms with Crippen LogP contribution < -0.4 is 19.5 Å². The summed E-state index contributed by atoms with van der Waals surface area (Å²) in [5.74, 6) is -0.307. The van der Waals surface area contributed by atoms with Crippen molar-refractivity contribution in [3.63, 3.8) is 0 Å². The number of fused-ring (bicyclic) bond motifs is 1. The van der Waals surface area contributed by atoms with Crippen molar-refractivity contribution >= 4 is 50.4 Å². The summed E-state index contributed by atoms with van der Waals surface area (Å²) in [5.41, 5.74) is 1.76.